The van der Waals surface area contributed by atoms with Gasteiger partial charge in [0.05, 0.1) is 16.7 Å². The Morgan fingerprint density at radius 1 is 0.315 bits per heavy atom. The average molecular weight is 689 g/mol. The summed E-state index contributed by atoms with van der Waals surface area (Å²) < 4.78 is 2.40. The molecule has 254 valence electrons. The molecule has 0 saturated heterocycles. The molecule has 1 aromatic heterocycles. The molecule has 54 heavy (non-hydrogen) atoms. The molecule has 1 heterocycles. The lowest BCUT2D eigenvalue weighted by atomic mass is 9.88. The van der Waals surface area contributed by atoms with Crippen molar-refractivity contribution in [2.45, 2.75) is 0 Å². The maximum atomic E-state index is 2.44. The second-order valence-electron chi connectivity index (χ2n) is 13.7. The Hall–Kier alpha value is -7.16. The summed E-state index contributed by atoms with van der Waals surface area (Å²) in [6.45, 7) is 0. The number of rotatable bonds is 7. The first-order valence-corrected chi connectivity index (χ1v) is 18.5. The lowest BCUT2D eigenvalue weighted by molar-refractivity contribution is 1.18. The van der Waals surface area contributed by atoms with E-state index in [1.54, 1.807) is 0 Å². The van der Waals surface area contributed by atoms with E-state index in [1.165, 1.54) is 60.4 Å². The van der Waals surface area contributed by atoms with Gasteiger partial charge in [-0.3, -0.25) is 0 Å². The van der Waals surface area contributed by atoms with E-state index in [9.17, 15) is 0 Å². The van der Waals surface area contributed by atoms with Crippen molar-refractivity contribution in [3.8, 4) is 39.1 Å². The highest BCUT2D eigenvalue weighted by molar-refractivity contribution is 6.11. The number of hydrogen-bond donors (Lipinski definition) is 0. The van der Waals surface area contributed by atoms with Gasteiger partial charge in [0.15, 0.2) is 0 Å². The van der Waals surface area contributed by atoms with Crippen LogP contribution in [0.5, 0.6) is 0 Å². The molecule has 0 saturated carbocycles. The second-order valence-corrected chi connectivity index (χ2v) is 13.7. The Balaban J connectivity index is 1.23. The van der Waals surface area contributed by atoms with Crippen LogP contribution in [0.25, 0.3) is 71.6 Å². The molecule has 0 aliphatic carbocycles. The van der Waals surface area contributed by atoms with Gasteiger partial charge in [0, 0.05) is 33.4 Å². The minimum atomic E-state index is 1.09. The van der Waals surface area contributed by atoms with Crippen LogP contribution in [0, 0.1) is 0 Å². The molecule has 0 aliphatic heterocycles. The fourth-order valence-electron chi connectivity index (χ4n) is 8.13. The van der Waals surface area contributed by atoms with Gasteiger partial charge in [-0.25, -0.2) is 0 Å². The van der Waals surface area contributed by atoms with Gasteiger partial charge in [0.2, 0.25) is 0 Å². The molecule has 9 aromatic carbocycles. The first kappa shape index (κ1) is 31.6. The van der Waals surface area contributed by atoms with Crippen molar-refractivity contribution in [3.05, 3.63) is 218 Å². The topological polar surface area (TPSA) is 8.17 Å². The maximum Gasteiger partial charge on any atom is 0.0561 e. The molecule has 2 heteroatoms. The minimum absolute atomic E-state index is 1.09. The predicted octanol–water partition coefficient (Wildman–Crippen LogP) is 14.4. The Morgan fingerprint density at radius 2 is 0.833 bits per heavy atom. The molecule has 10 aromatic rings. The van der Waals surface area contributed by atoms with Gasteiger partial charge in [0.1, 0.15) is 0 Å². The van der Waals surface area contributed by atoms with E-state index in [2.05, 4.69) is 228 Å². The Morgan fingerprint density at radius 3 is 1.61 bits per heavy atom. The van der Waals surface area contributed by atoms with Crippen LogP contribution in [0.4, 0.5) is 17.1 Å². The van der Waals surface area contributed by atoms with Crippen molar-refractivity contribution < 1.29 is 0 Å². The van der Waals surface area contributed by atoms with Gasteiger partial charge in [-0.2, -0.15) is 0 Å². The molecule has 2 nitrogen and oxygen atoms in total. The number of benzene rings is 9. The van der Waals surface area contributed by atoms with E-state index >= 15 is 0 Å². The van der Waals surface area contributed by atoms with E-state index in [4.69, 9.17) is 0 Å². The number of aromatic nitrogens is 1. The standard InChI is InChI=1S/C52H36N2/c1-3-18-38(19-4-1)43-23-9-10-24-44(43)45-25-11-12-26-46(45)47-27-13-15-29-50(47)53(41-32-31-37-17-7-8-20-39(37)35-41)42-33-34-49-48-28-14-16-30-51(48)54(52(49)36-42)40-21-5-2-6-22-40/h1-36H. The maximum absolute atomic E-state index is 2.44. The third kappa shape index (κ3) is 5.44. The smallest absolute Gasteiger partial charge is 0.0561 e. The molecule has 0 radical (unpaired) electrons. The molecule has 0 aliphatic rings. The summed E-state index contributed by atoms with van der Waals surface area (Å²) >= 11 is 0. The van der Waals surface area contributed by atoms with Crippen LogP contribution in [0.2, 0.25) is 0 Å². The number of hydrogen-bond acceptors (Lipinski definition) is 1. The number of nitrogens with zero attached hydrogens (tertiary/aromatic N) is 2. The molecule has 0 fully saturated rings. The van der Waals surface area contributed by atoms with Crippen LogP contribution in [0.15, 0.2) is 218 Å². The molecule has 0 N–H and O–H groups in total. The van der Waals surface area contributed by atoms with Gasteiger partial charge in [0.25, 0.3) is 0 Å². The van der Waals surface area contributed by atoms with Crippen LogP contribution in [0.1, 0.15) is 0 Å². The van der Waals surface area contributed by atoms with Gasteiger partial charge >= 0.3 is 0 Å². The summed E-state index contributed by atoms with van der Waals surface area (Å²) in [6.07, 6.45) is 0. The Labute approximate surface area is 315 Å². The predicted molar refractivity (Wildman–Crippen MR) is 229 cm³/mol. The highest BCUT2D eigenvalue weighted by atomic mass is 15.1. The zero-order chi connectivity index (χ0) is 35.8. The highest BCUT2D eigenvalue weighted by Crippen LogP contribution is 2.46. The lowest BCUT2D eigenvalue weighted by Crippen LogP contribution is -2.11. The van der Waals surface area contributed by atoms with E-state index in [-0.39, 0.29) is 0 Å². The van der Waals surface area contributed by atoms with Crippen LogP contribution in [-0.4, -0.2) is 4.57 Å². The molecule has 0 spiro atoms. The van der Waals surface area contributed by atoms with E-state index in [0.717, 1.165) is 28.3 Å². The van der Waals surface area contributed by atoms with Crippen LogP contribution >= 0.6 is 0 Å². The largest absolute Gasteiger partial charge is 0.310 e. The molecule has 0 amide bonds. The van der Waals surface area contributed by atoms with E-state index in [1.807, 2.05) is 0 Å². The van der Waals surface area contributed by atoms with Crippen molar-refractivity contribution >= 4 is 49.6 Å². The van der Waals surface area contributed by atoms with Crippen molar-refractivity contribution in [1.82, 2.24) is 4.57 Å². The van der Waals surface area contributed by atoms with Crippen LogP contribution in [-0.2, 0) is 0 Å². The highest BCUT2D eigenvalue weighted by Gasteiger charge is 2.22. The summed E-state index contributed by atoms with van der Waals surface area (Å²) in [5, 5.41) is 4.89. The normalized spacial score (nSPS) is 11.3. The van der Waals surface area contributed by atoms with Gasteiger partial charge in [-0.1, -0.05) is 170 Å². The summed E-state index contributed by atoms with van der Waals surface area (Å²) in [5.74, 6) is 0. The number of para-hydroxylation sites is 3. The van der Waals surface area contributed by atoms with Gasteiger partial charge in [-0.15, -0.1) is 0 Å². The zero-order valence-electron chi connectivity index (χ0n) is 29.7. The molecule has 0 bridgehead atoms. The SMILES string of the molecule is c1ccc(-c2ccccc2-c2ccccc2-c2ccccc2N(c2ccc3ccccc3c2)c2ccc3c4ccccc4n(-c4ccccc4)c3c2)cc1. The monoisotopic (exact) mass is 688 g/mol. The molecule has 0 unspecified atom stereocenters. The number of anilines is 3. The average Bonchev–Trinajstić information content (AvgIpc) is 3.58. The fourth-order valence-corrected chi connectivity index (χ4v) is 8.13. The molecular formula is C52H36N2. The third-order valence-corrected chi connectivity index (χ3v) is 10.6. The molecular weight excluding hydrogens is 653 g/mol. The summed E-state index contributed by atoms with van der Waals surface area (Å²) in [7, 11) is 0. The quantitative estimate of drug-likeness (QED) is 0.162. The lowest BCUT2D eigenvalue weighted by Gasteiger charge is -2.29. The first-order valence-electron chi connectivity index (χ1n) is 18.5. The molecule has 10 rings (SSSR count). The summed E-state index contributed by atoms with van der Waals surface area (Å²) in [5.41, 5.74) is 14.0. The number of fused-ring (bicyclic) bond motifs is 4. The Bertz CT molecular complexity index is 2940. The van der Waals surface area contributed by atoms with Crippen molar-refractivity contribution in [2.24, 2.45) is 0 Å². The van der Waals surface area contributed by atoms with Crippen LogP contribution < -0.4 is 4.90 Å². The summed E-state index contributed by atoms with van der Waals surface area (Å²) in [6, 6.07) is 79.0. The van der Waals surface area contributed by atoms with Gasteiger partial charge in [-0.05, 0) is 87.1 Å². The fraction of sp³-hybridized carbons (Fsp3) is 0. The van der Waals surface area contributed by atoms with E-state index < -0.39 is 0 Å². The van der Waals surface area contributed by atoms with E-state index in [0.29, 0.717) is 0 Å². The van der Waals surface area contributed by atoms with Gasteiger partial charge < -0.3 is 9.47 Å². The Kier molecular flexibility index (Phi) is 7.85. The van der Waals surface area contributed by atoms with Crippen molar-refractivity contribution in [2.75, 3.05) is 4.90 Å². The molecule has 0 atom stereocenters. The minimum Gasteiger partial charge on any atom is -0.310 e. The zero-order valence-corrected chi connectivity index (χ0v) is 29.7. The van der Waals surface area contributed by atoms with Crippen LogP contribution in [0.3, 0.4) is 0 Å². The third-order valence-electron chi connectivity index (χ3n) is 10.6. The van der Waals surface area contributed by atoms with Crippen molar-refractivity contribution in [1.29, 1.82) is 0 Å². The first-order chi connectivity index (χ1) is 26.8. The van der Waals surface area contributed by atoms with Crippen molar-refractivity contribution in [3.63, 3.8) is 0 Å². The second kappa shape index (κ2) is 13.4. The summed E-state index contributed by atoms with van der Waals surface area (Å²) in [4.78, 5) is 2.44.